The molecule has 42 heavy (non-hydrogen) atoms. The molecule has 1 aromatic heterocycles. The van der Waals surface area contributed by atoms with Crippen molar-refractivity contribution in [1.82, 2.24) is 4.57 Å². The van der Waals surface area contributed by atoms with Crippen molar-refractivity contribution in [2.24, 2.45) is 0 Å². The van der Waals surface area contributed by atoms with Crippen LogP contribution in [0.15, 0.2) is 133 Å². The minimum absolute atomic E-state index is 0.0350. The van der Waals surface area contributed by atoms with Gasteiger partial charge in [0.15, 0.2) is 0 Å². The van der Waals surface area contributed by atoms with Gasteiger partial charge in [0, 0.05) is 27.6 Å². The zero-order valence-corrected chi connectivity index (χ0v) is 24.2. The van der Waals surface area contributed by atoms with Crippen LogP contribution in [-0.2, 0) is 11.8 Å². The summed E-state index contributed by atoms with van der Waals surface area (Å²) in [6.45, 7) is 6.92. The summed E-state index contributed by atoms with van der Waals surface area (Å²) in [6.07, 6.45) is 6.96. The van der Waals surface area contributed by atoms with Crippen LogP contribution in [0.4, 0.5) is 5.69 Å². The minimum Gasteiger partial charge on any atom is -0.349 e. The van der Waals surface area contributed by atoms with Crippen molar-refractivity contribution < 1.29 is 0 Å². The number of fused-ring (bicyclic) bond motifs is 6. The molecule has 0 fully saturated rings. The van der Waals surface area contributed by atoms with Crippen LogP contribution < -0.4 is 5.32 Å². The minimum atomic E-state index is -0.0350. The molecule has 0 radical (unpaired) electrons. The van der Waals surface area contributed by atoms with Gasteiger partial charge in [-0.2, -0.15) is 0 Å². The Kier molecular flexibility index (Phi) is 5.44. The van der Waals surface area contributed by atoms with Gasteiger partial charge in [0.2, 0.25) is 0 Å². The van der Waals surface area contributed by atoms with E-state index in [0.717, 1.165) is 17.8 Å². The van der Waals surface area contributed by atoms with Crippen molar-refractivity contribution >= 4 is 27.5 Å². The van der Waals surface area contributed by atoms with Crippen LogP contribution in [0.25, 0.3) is 49.7 Å². The lowest BCUT2D eigenvalue weighted by Gasteiger charge is -2.22. The second kappa shape index (κ2) is 9.24. The zero-order chi connectivity index (χ0) is 28.4. The first-order valence-electron chi connectivity index (χ1n) is 14.8. The van der Waals surface area contributed by atoms with E-state index in [1.165, 1.54) is 66.4 Å². The summed E-state index contributed by atoms with van der Waals surface area (Å²) in [5.74, 6) is 0. The van der Waals surface area contributed by atoms with Gasteiger partial charge in [-0.3, -0.25) is 0 Å². The number of nitrogens with zero attached hydrogens (tertiary/aromatic N) is 1. The first kappa shape index (κ1) is 24.7. The number of rotatable bonds is 5. The summed E-state index contributed by atoms with van der Waals surface area (Å²) in [5, 5.41) is 6.08. The maximum atomic E-state index is 3.53. The lowest BCUT2D eigenvalue weighted by atomic mass is 9.82. The number of nitrogens with one attached hydrogen (secondary N) is 1. The van der Waals surface area contributed by atoms with E-state index in [4.69, 9.17) is 0 Å². The summed E-state index contributed by atoms with van der Waals surface area (Å²) < 4.78 is 2.44. The second-order valence-corrected chi connectivity index (χ2v) is 11.9. The van der Waals surface area contributed by atoms with Crippen LogP contribution in [0.5, 0.6) is 0 Å². The van der Waals surface area contributed by atoms with Crippen LogP contribution in [0.3, 0.4) is 0 Å². The molecule has 2 nitrogen and oxygen atoms in total. The summed E-state index contributed by atoms with van der Waals surface area (Å²) in [5.41, 5.74) is 18.3. The highest BCUT2D eigenvalue weighted by atomic mass is 15.0. The van der Waals surface area contributed by atoms with Crippen molar-refractivity contribution in [3.8, 4) is 27.9 Å². The van der Waals surface area contributed by atoms with Crippen LogP contribution >= 0.6 is 0 Å². The van der Waals surface area contributed by atoms with Gasteiger partial charge in [-0.25, -0.2) is 0 Å². The van der Waals surface area contributed by atoms with Crippen LogP contribution in [0.2, 0.25) is 0 Å². The van der Waals surface area contributed by atoms with Gasteiger partial charge >= 0.3 is 0 Å². The van der Waals surface area contributed by atoms with Crippen molar-refractivity contribution in [2.75, 3.05) is 5.32 Å². The third-order valence-corrected chi connectivity index (χ3v) is 9.18. The third-order valence-electron chi connectivity index (χ3n) is 9.18. The predicted molar refractivity (Wildman–Crippen MR) is 178 cm³/mol. The molecule has 0 amide bonds. The zero-order valence-electron chi connectivity index (χ0n) is 24.2. The van der Waals surface area contributed by atoms with E-state index in [9.17, 15) is 0 Å². The fourth-order valence-electron chi connectivity index (χ4n) is 7.00. The summed E-state index contributed by atoms with van der Waals surface area (Å²) in [6, 6.07) is 38.4. The molecule has 5 aromatic carbocycles. The molecule has 2 heteroatoms. The van der Waals surface area contributed by atoms with Gasteiger partial charge in [-0.15, -0.1) is 0 Å². The van der Waals surface area contributed by atoms with Crippen molar-refractivity contribution in [3.63, 3.8) is 0 Å². The molecule has 0 atom stereocenters. The number of para-hydroxylation sites is 1. The van der Waals surface area contributed by atoms with Gasteiger partial charge in [0.1, 0.15) is 0 Å². The highest BCUT2D eigenvalue weighted by Gasteiger charge is 2.35. The standard InChI is InChI=1S/C40H32N2/c1-4-26-23-27(17-21-37(26)41-29-11-5-6-12-29)28-18-22-39-34(24-28)33-14-8-10-16-38(33)42(39)30-19-20-32-31-13-7-9-15-35(31)40(2,3)36(32)25-30/h5-11,13-25,41H,4H2,1-3H3. The summed E-state index contributed by atoms with van der Waals surface area (Å²) in [7, 11) is 0. The molecule has 8 rings (SSSR count). The molecule has 6 aromatic rings. The lowest BCUT2D eigenvalue weighted by molar-refractivity contribution is 0.660. The number of hydrogen-bond acceptors (Lipinski definition) is 1. The van der Waals surface area contributed by atoms with E-state index < -0.39 is 0 Å². The highest BCUT2D eigenvalue weighted by molar-refractivity contribution is 6.10. The fourth-order valence-corrected chi connectivity index (χ4v) is 7.00. The lowest BCUT2D eigenvalue weighted by Crippen LogP contribution is -2.15. The molecular weight excluding hydrogens is 508 g/mol. The Labute approximate surface area is 247 Å². The molecule has 202 valence electrons. The average molecular weight is 541 g/mol. The Morgan fingerprint density at radius 3 is 2.33 bits per heavy atom. The molecular formula is C40H32N2. The number of aryl methyl sites for hydroxylation is 1. The Hall–Kier alpha value is -5.04. The SMILES string of the molecule is CCc1cc(-c2ccc3c(c2)c2ccccc2n3-c2ccc3c(c2)C(C)(C)c2ccccc2-3)ccc1NC1=C=CC=C1. The number of allylic oxidation sites excluding steroid dienone is 2. The smallest absolute Gasteiger partial charge is 0.0817 e. The molecule has 0 unspecified atom stereocenters. The molecule has 1 heterocycles. The van der Waals surface area contributed by atoms with E-state index in [0.29, 0.717) is 0 Å². The van der Waals surface area contributed by atoms with E-state index >= 15 is 0 Å². The highest BCUT2D eigenvalue weighted by Crippen LogP contribution is 2.49. The van der Waals surface area contributed by atoms with Crippen LogP contribution in [0, 0.1) is 0 Å². The number of benzene rings is 5. The van der Waals surface area contributed by atoms with E-state index in [1.807, 2.05) is 12.2 Å². The van der Waals surface area contributed by atoms with Gasteiger partial charge in [-0.05, 0) is 100.0 Å². The van der Waals surface area contributed by atoms with E-state index in [2.05, 4.69) is 146 Å². The number of aromatic nitrogens is 1. The Morgan fingerprint density at radius 2 is 1.48 bits per heavy atom. The third kappa shape index (κ3) is 3.66. The molecule has 0 saturated carbocycles. The molecule has 0 spiro atoms. The fraction of sp³-hybridized carbons (Fsp3) is 0.125. The first-order valence-corrected chi connectivity index (χ1v) is 14.8. The van der Waals surface area contributed by atoms with Crippen molar-refractivity contribution in [1.29, 1.82) is 0 Å². The predicted octanol–water partition coefficient (Wildman–Crippen LogP) is 10.3. The van der Waals surface area contributed by atoms with Gasteiger partial charge < -0.3 is 9.88 Å². The largest absolute Gasteiger partial charge is 0.349 e. The molecule has 0 bridgehead atoms. The number of anilines is 1. The molecule has 0 aliphatic heterocycles. The first-order chi connectivity index (χ1) is 20.5. The number of hydrogen-bond donors (Lipinski definition) is 1. The molecule has 2 aliphatic carbocycles. The molecule has 0 saturated heterocycles. The Morgan fingerprint density at radius 1 is 0.714 bits per heavy atom. The van der Waals surface area contributed by atoms with Gasteiger partial charge in [0.25, 0.3) is 0 Å². The summed E-state index contributed by atoms with van der Waals surface area (Å²) in [4.78, 5) is 0. The molecule has 1 N–H and O–H groups in total. The quantitative estimate of drug-likeness (QED) is 0.215. The summed E-state index contributed by atoms with van der Waals surface area (Å²) >= 11 is 0. The van der Waals surface area contributed by atoms with Crippen LogP contribution in [-0.4, -0.2) is 4.57 Å². The second-order valence-electron chi connectivity index (χ2n) is 11.9. The van der Waals surface area contributed by atoms with E-state index in [-0.39, 0.29) is 5.41 Å². The van der Waals surface area contributed by atoms with Gasteiger partial charge in [-0.1, -0.05) is 93.2 Å². The topological polar surface area (TPSA) is 17.0 Å². The normalized spacial score (nSPS) is 14.4. The Balaban J connectivity index is 1.26. The maximum Gasteiger partial charge on any atom is 0.0817 e. The van der Waals surface area contributed by atoms with Crippen LogP contribution in [0.1, 0.15) is 37.5 Å². The Bertz CT molecular complexity index is 2160. The van der Waals surface area contributed by atoms with Crippen molar-refractivity contribution in [3.05, 3.63) is 149 Å². The van der Waals surface area contributed by atoms with E-state index in [1.54, 1.807) is 0 Å². The average Bonchev–Trinajstić information content (AvgIpc) is 3.71. The monoisotopic (exact) mass is 540 g/mol. The molecule has 2 aliphatic rings. The van der Waals surface area contributed by atoms with Crippen molar-refractivity contribution in [2.45, 2.75) is 32.6 Å². The maximum absolute atomic E-state index is 3.53. The van der Waals surface area contributed by atoms with Gasteiger partial charge in [0.05, 0.1) is 16.7 Å².